The van der Waals surface area contributed by atoms with Crippen LogP contribution < -0.4 is 5.73 Å². The Kier molecular flexibility index (Phi) is 5.43. The Morgan fingerprint density at radius 2 is 2.20 bits per heavy atom. The van der Waals surface area contributed by atoms with Gasteiger partial charge in [0.1, 0.15) is 10.0 Å². The number of aromatic nitrogens is 2. The molecule has 2 N–H and O–H groups in total. The van der Waals surface area contributed by atoms with E-state index >= 15 is 0 Å². The number of nitrogens with zero attached hydrogens (tertiary/aromatic N) is 3. The number of primary amides is 1. The lowest BCUT2D eigenvalue weighted by Gasteiger charge is -2.31. The van der Waals surface area contributed by atoms with Gasteiger partial charge in [0, 0.05) is 30.6 Å². The van der Waals surface area contributed by atoms with Gasteiger partial charge in [-0.1, -0.05) is 30.4 Å². The van der Waals surface area contributed by atoms with Gasteiger partial charge in [-0.2, -0.15) is 0 Å². The lowest BCUT2D eigenvalue weighted by atomic mass is 9.96. The molecule has 1 atom stereocenters. The molecule has 0 saturated carbocycles. The summed E-state index contributed by atoms with van der Waals surface area (Å²) in [4.78, 5) is 25.9. The van der Waals surface area contributed by atoms with Gasteiger partial charge < -0.3 is 10.6 Å². The molecule has 2 aromatic rings. The number of rotatable bonds is 5. The van der Waals surface area contributed by atoms with Crippen LogP contribution in [-0.2, 0) is 11.2 Å². The summed E-state index contributed by atoms with van der Waals surface area (Å²) in [6.07, 6.45) is 3.50. The van der Waals surface area contributed by atoms with Crippen molar-refractivity contribution in [2.45, 2.75) is 32.6 Å². The molecule has 1 aromatic heterocycles. The second-order valence-electron chi connectivity index (χ2n) is 6.32. The van der Waals surface area contributed by atoms with E-state index < -0.39 is 0 Å². The number of carbonyl (C=O) groups is 2. The smallest absolute Gasteiger partial charge is 0.253 e. The molecular formula is C18H22N4O2S. The second-order valence-corrected chi connectivity index (χ2v) is 7.39. The van der Waals surface area contributed by atoms with E-state index in [2.05, 4.69) is 17.1 Å². The first-order chi connectivity index (χ1) is 12.1. The minimum Gasteiger partial charge on any atom is -0.369 e. The fraction of sp³-hybridized carbons (Fsp3) is 0.444. The molecule has 1 aromatic carbocycles. The first-order valence-corrected chi connectivity index (χ1v) is 9.41. The standard InChI is InChI=1S/C18H22N4O2S/c1-2-5-15-20-21-17(25-15)12-6-3-7-13(10-12)18(24)22-9-4-8-14(11-22)16(19)23/h3,6-7,10,14H,2,4-5,8-9,11H2,1H3,(H2,19,23). The van der Waals surface area contributed by atoms with Crippen LogP contribution in [0.3, 0.4) is 0 Å². The maximum Gasteiger partial charge on any atom is 0.253 e. The van der Waals surface area contributed by atoms with Crippen molar-refractivity contribution in [2.75, 3.05) is 13.1 Å². The van der Waals surface area contributed by atoms with Crippen molar-refractivity contribution in [3.8, 4) is 10.6 Å². The largest absolute Gasteiger partial charge is 0.369 e. The van der Waals surface area contributed by atoms with Crippen LogP contribution in [0.15, 0.2) is 24.3 Å². The number of nitrogens with two attached hydrogens (primary N) is 1. The van der Waals surface area contributed by atoms with Gasteiger partial charge in [-0.05, 0) is 31.4 Å². The highest BCUT2D eigenvalue weighted by atomic mass is 32.1. The van der Waals surface area contributed by atoms with E-state index in [9.17, 15) is 9.59 Å². The monoisotopic (exact) mass is 358 g/mol. The Bertz CT molecular complexity index is 774. The number of likely N-dealkylation sites (tertiary alicyclic amines) is 1. The van der Waals surface area contributed by atoms with E-state index in [1.165, 1.54) is 0 Å². The third-order valence-corrected chi connectivity index (χ3v) is 5.43. The molecule has 0 spiro atoms. The predicted octanol–water partition coefficient (Wildman–Crippen LogP) is 2.50. The predicted molar refractivity (Wildman–Crippen MR) is 97.2 cm³/mol. The lowest BCUT2D eigenvalue weighted by Crippen LogP contribution is -2.44. The van der Waals surface area contributed by atoms with Crippen LogP contribution >= 0.6 is 11.3 Å². The molecule has 1 fully saturated rings. The van der Waals surface area contributed by atoms with Crippen LogP contribution in [0.5, 0.6) is 0 Å². The van der Waals surface area contributed by atoms with E-state index in [0.29, 0.717) is 18.7 Å². The van der Waals surface area contributed by atoms with Crippen LogP contribution in [0.2, 0.25) is 0 Å². The van der Waals surface area contributed by atoms with E-state index in [-0.39, 0.29) is 17.7 Å². The first-order valence-electron chi connectivity index (χ1n) is 8.60. The Labute approximate surface area is 151 Å². The molecule has 0 radical (unpaired) electrons. The molecule has 7 heteroatoms. The maximum absolute atomic E-state index is 12.8. The lowest BCUT2D eigenvalue weighted by molar-refractivity contribution is -0.123. The number of hydrogen-bond acceptors (Lipinski definition) is 5. The average Bonchev–Trinajstić information content (AvgIpc) is 3.10. The molecule has 2 heterocycles. The van der Waals surface area contributed by atoms with Crippen LogP contribution in [0.1, 0.15) is 41.6 Å². The second kappa shape index (κ2) is 7.74. The normalized spacial score (nSPS) is 17.5. The molecule has 1 saturated heterocycles. The molecule has 1 unspecified atom stereocenters. The summed E-state index contributed by atoms with van der Waals surface area (Å²) in [6, 6.07) is 7.45. The average molecular weight is 358 g/mol. The molecule has 25 heavy (non-hydrogen) atoms. The van der Waals surface area contributed by atoms with E-state index in [0.717, 1.165) is 41.3 Å². The minimum absolute atomic E-state index is 0.0638. The van der Waals surface area contributed by atoms with Gasteiger partial charge in [-0.25, -0.2) is 0 Å². The van der Waals surface area contributed by atoms with Crippen molar-refractivity contribution in [1.82, 2.24) is 15.1 Å². The molecule has 1 aliphatic heterocycles. The highest BCUT2D eigenvalue weighted by Gasteiger charge is 2.27. The van der Waals surface area contributed by atoms with Gasteiger partial charge in [0.2, 0.25) is 5.91 Å². The van der Waals surface area contributed by atoms with Crippen molar-refractivity contribution < 1.29 is 9.59 Å². The quantitative estimate of drug-likeness (QED) is 0.889. The number of piperidine rings is 1. The Hall–Kier alpha value is -2.28. The van der Waals surface area contributed by atoms with Gasteiger partial charge >= 0.3 is 0 Å². The van der Waals surface area contributed by atoms with Gasteiger partial charge in [0.15, 0.2) is 0 Å². The summed E-state index contributed by atoms with van der Waals surface area (Å²) in [5.74, 6) is -0.643. The third kappa shape index (κ3) is 4.04. The summed E-state index contributed by atoms with van der Waals surface area (Å²) >= 11 is 1.56. The topological polar surface area (TPSA) is 89.2 Å². The molecule has 1 aliphatic rings. The van der Waals surface area contributed by atoms with Gasteiger partial charge in [0.25, 0.3) is 5.91 Å². The fourth-order valence-electron chi connectivity index (χ4n) is 3.05. The summed E-state index contributed by atoms with van der Waals surface area (Å²) in [6.45, 7) is 3.17. The minimum atomic E-state index is -0.330. The van der Waals surface area contributed by atoms with Crippen molar-refractivity contribution in [3.05, 3.63) is 34.8 Å². The third-order valence-electron chi connectivity index (χ3n) is 4.40. The summed E-state index contributed by atoms with van der Waals surface area (Å²) in [5.41, 5.74) is 6.91. The summed E-state index contributed by atoms with van der Waals surface area (Å²) in [7, 11) is 0. The van der Waals surface area contributed by atoms with E-state index in [1.807, 2.05) is 18.2 Å². The zero-order valence-corrected chi connectivity index (χ0v) is 15.1. The fourth-order valence-corrected chi connectivity index (χ4v) is 3.98. The zero-order chi connectivity index (χ0) is 17.8. The van der Waals surface area contributed by atoms with Gasteiger partial charge in [-0.3, -0.25) is 9.59 Å². The van der Waals surface area contributed by atoms with Crippen molar-refractivity contribution >= 4 is 23.2 Å². The number of hydrogen-bond donors (Lipinski definition) is 1. The van der Waals surface area contributed by atoms with Crippen molar-refractivity contribution in [2.24, 2.45) is 11.7 Å². The van der Waals surface area contributed by atoms with Crippen LogP contribution in [0.25, 0.3) is 10.6 Å². The van der Waals surface area contributed by atoms with Crippen LogP contribution in [-0.4, -0.2) is 40.0 Å². The molecule has 0 aliphatic carbocycles. The van der Waals surface area contributed by atoms with Crippen molar-refractivity contribution in [3.63, 3.8) is 0 Å². The highest BCUT2D eigenvalue weighted by Crippen LogP contribution is 2.26. The number of amides is 2. The van der Waals surface area contributed by atoms with Crippen LogP contribution in [0.4, 0.5) is 0 Å². The first kappa shape index (κ1) is 17.5. The number of aryl methyl sites for hydroxylation is 1. The number of benzene rings is 1. The van der Waals surface area contributed by atoms with Gasteiger partial charge in [0.05, 0.1) is 5.92 Å². The van der Waals surface area contributed by atoms with Crippen LogP contribution in [0, 0.1) is 5.92 Å². The molecular weight excluding hydrogens is 336 g/mol. The van der Waals surface area contributed by atoms with E-state index in [4.69, 9.17) is 5.73 Å². The maximum atomic E-state index is 12.8. The zero-order valence-electron chi connectivity index (χ0n) is 14.3. The Morgan fingerprint density at radius 1 is 1.36 bits per heavy atom. The summed E-state index contributed by atoms with van der Waals surface area (Å²) in [5, 5.41) is 10.3. The molecule has 3 rings (SSSR count). The number of carbonyl (C=O) groups excluding carboxylic acids is 2. The van der Waals surface area contributed by atoms with E-state index in [1.54, 1.807) is 22.3 Å². The highest BCUT2D eigenvalue weighted by molar-refractivity contribution is 7.14. The SMILES string of the molecule is CCCc1nnc(-c2cccc(C(=O)N3CCCC(C(N)=O)C3)c2)s1. The van der Waals surface area contributed by atoms with Gasteiger partial charge in [-0.15, -0.1) is 10.2 Å². The Morgan fingerprint density at radius 3 is 2.96 bits per heavy atom. The molecule has 0 bridgehead atoms. The molecule has 6 nitrogen and oxygen atoms in total. The summed E-state index contributed by atoms with van der Waals surface area (Å²) < 4.78 is 0. The van der Waals surface area contributed by atoms with Crippen molar-refractivity contribution in [1.29, 1.82) is 0 Å². The Balaban J connectivity index is 1.78. The molecule has 132 valence electrons. The molecule has 2 amide bonds.